The summed E-state index contributed by atoms with van der Waals surface area (Å²) in [6.45, 7) is 11.4. The van der Waals surface area contributed by atoms with Gasteiger partial charge in [0.1, 0.15) is 0 Å². The average molecular weight is 291 g/mol. The zero-order valence-corrected chi connectivity index (χ0v) is 13.9. The van der Waals surface area contributed by atoms with Crippen LogP contribution in [0.25, 0.3) is 0 Å². The standard InChI is InChI=1S/C17H29N3O/c1-6-17(4,5)19-16(21)12-20(13(2)3)11-14-9-7-8-10-15(14)18/h7-10,13H,6,11-12,18H2,1-5H3,(H,19,21). The zero-order valence-electron chi connectivity index (χ0n) is 13.9. The molecule has 0 spiro atoms. The molecule has 3 N–H and O–H groups in total. The van der Waals surface area contributed by atoms with E-state index in [1.807, 2.05) is 38.1 Å². The lowest BCUT2D eigenvalue weighted by molar-refractivity contribution is -0.124. The second-order valence-corrected chi connectivity index (χ2v) is 6.48. The number of amides is 1. The maximum absolute atomic E-state index is 12.2. The fourth-order valence-corrected chi connectivity index (χ4v) is 2.01. The highest BCUT2D eigenvalue weighted by Crippen LogP contribution is 2.15. The van der Waals surface area contributed by atoms with Crippen molar-refractivity contribution in [1.82, 2.24) is 10.2 Å². The molecule has 0 aliphatic carbocycles. The molecule has 0 atom stereocenters. The van der Waals surface area contributed by atoms with Gasteiger partial charge in [-0.15, -0.1) is 0 Å². The van der Waals surface area contributed by atoms with E-state index in [-0.39, 0.29) is 17.5 Å². The minimum atomic E-state index is -0.161. The Morgan fingerprint density at radius 3 is 2.48 bits per heavy atom. The molecule has 0 heterocycles. The Kier molecular flexibility index (Phi) is 6.21. The van der Waals surface area contributed by atoms with Crippen molar-refractivity contribution >= 4 is 11.6 Å². The van der Waals surface area contributed by atoms with Crippen molar-refractivity contribution in [3.8, 4) is 0 Å². The number of hydrogen-bond donors (Lipinski definition) is 2. The molecule has 0 unspecified atom stereocenters. The van der Waals surface area contributed by atoms with Crippen molar-refractivity contribution in [3.63, 3.8) is 0 Å². The van der Waals surface area contributed by atoms with Crippen molar-refractivity contribution in [1.29, 1.82) is 0 Å². The molecule has 0 aromatic heterocycles. The third kappa shape index (κ3) is 5.76. The van der Waals surface area contributed by atoms with Crippen LogP contribution in [0, 0.1) is 0 Å². The molecule has 0 saturated heterocycles. The van der Waals surface area contributed by atoms with Gasteiger partial charge >= 0.3 is 0 Å². The number of carbonyl (C=O) groups excluding carboxylic acids is 1. The number of para-hydroxylation sites is 1. The summed E-state index contributed by atoms with van der Waals surface area (Å²) in [6.07, 6.45) is 0.909. The predicted molar refractivity (Wildman–Crippen MR) is 88.9 cm³/mol. The molecule has 4 nitrogen and oxygen atoms in total. The third-order valence-corrected chi connectivity index (χ3v) is 3.87. The van der Waals surface area contributed by atoms with Gasteiger partial charge in [-0.05, 0) is 45.7 Å². The van der Waals surface area contributed by atoms with Crippen molar-refractivity contribution in [2.75, 3.05) is 12.3 Å². The number of anilines is 1. The van der Waals surface area contributed by atoms with Gasteiger partial charge in [-0.3, -0.25) is 9.69 Å². The Hall–Kier alpha value is -1.55. The Labute approximate surface area is 128 Å². The Morgan fingerprint density at radius 2 is 1.95 bits per heavy atom. The van der Waals surface area contributed by atoms with Gasteiger partial charge in [-0.25, -0.2) is 0 Å². The molecule has 0 saturated carbocycles. The van der Waals surface area contributed by atoms with E-state index in [4.69, 9.17) is 5.73 Å². The van der Waals surface area contributed by atoms with Gasteiger partial charge in [0, 0.05) is 23.8 Å². The van der Waals surface area contributed by atoms with E-state index in [0.29, 0.717) is 13.1 Å². The average Bonchev–Trinajstić information content (AvgIpc) is 2.39. The normalized spacial score (nSPS) is 12.0. The lowest BCUT2D eigenvalue weighted by Gasteiger charge is -2.30. The maximum Gasteiger partial charge on any atom is 0.234 e. The number of rotatable bonds is 7. The Balaban J connectivity index is 2.71. The summed E-state index contributed by atoms with van der Waals surface area (Å²) in [6, 6.07) is 8.09. The second-order valence-electron chi connectivity index (χ2n) is 6.48. The molecule has 0 aliphatic heterocycles. The van der Waals surface area contributed by atoms with Crippen LogP contribution in [0.3, 0.4) is 0 Å². The number of carbonyl (C=O) groups is 1. The molecule has 1 amide bonds. The van der Waals surface area contributed by atoms with Crippen molar-refractivity contribution < 1.29 is 4.79 Å². The van der Waals surface area contributed by atoms with Crippen molar-refractivity contribution in [3.05, 3.63) is 29.8 Å². The fraction of sp³-hybridized carbons (Fsp3) is 0.588. The van der Waals surface area contributed by atoms with Crippen LogP contribution in [-0.4, -0.2) is 28.9 Å². The SMILES string of the molecule is CCC(C)(C)NC(=O)CN(Cc1ccccc1N)C(C)C. The number of nitrogen functional groups attached to an aromatic ring is 1. The largest absolute Gasteiger partial charge is 0.398 e. The molecule has 4 heteroatoms. The summed E-state index contributed by atoms with van der Waals surface area (Å²) in [4.78, 5) is 14.4. The zero-order chi connectivity index (χ0) is 16.0. The van der Waals surface area contributed by atoms with Crippen LogP contribution in [0.4, 0.5) is 5.69 Å². The molecule has 1 rings (SSSR count). The molecule has 0 fully saturated rings. The lowest BCUT2D eigenvalue weighted by atomic mass is 10.0. The molecular formula is C17H29N3O. The highest BCUT2D eigenvalue weighted by molar-refractivity contribution is 5.78. The first-order valence-electron chi connectivity index (χ1n) is 7.63. The molecule has 0 aliphatic rings. The first-order valence-corrected chi connectivity index (χ1v) is 7.63. The first kappa shape index (κ1) is 17.5. The maximum atomic E-state index is 12.2. The highest BCUT2D eigenvalue weighted by Gasteiger charge is 2.21. The molecular weight excluding hydrogens is 262 g/mol. The third-order valence-electron chi connectivity index (χ3n) is 3.87. The summed E-state index contributed by atoms with van der Waals surface area (Å²) in [5, 5.41) is 3.08. The van der Waals surface area contributed by atoms with E-state index < -0.39 is 0 Å². The van der Waals surface area contributed by atoms with Crippen molar-refractivity contribution in [2.24, 2.45) is 0 Å². The van der Waals surface area contributed by atoms with Crippen LogP contribution in [-0.2, 0) is 11.3 Å². The first-order chi connectivity index (χ1) is 9.75. The van der Waals surface area contributed by atoms with E-state index in [9.17, 15) is 4.79 Å². The predicted octanol–water partition coefficient (Wildman–Crippen LogP) is 2.78. The summed E-state index contributed by atoms with van der Waals surface area (Å²) < 4.78 is 0. The number of nitrogens with zero attached hydrogens (tertiary/aromatic N) is 1. The van der Waals surface area contributed by atoms with E-state index >= 15 is 0 Å². The number of hydrogen-bond acceptors (Lipinski definition) is 3. The molecule has 0 bridgehead atoms. The fourth-order valence-electron chi connectivity index (χ4n) is 2.01. The van der Waals surface area contributed by atoms with Crippen LogP contribution in [0.15, 0.2) is 24.3 Å². The summed E-state index contributed by atoms with van der Waals surface area (Å²) in [5.74, 6) is 0.0602. The van der Waals surface area contributed by atoms with E-state index in [0.717, 1.165) is 17.7 Å². The van der Waals surface area contributed by atoms with Crippen LogP contribution >= 0.6 is 0 Å². The van der Waals surface area contributed by atoms with Gasteiger partial charge in [-0.1, -0.05) is 25.1 Å². The van der Waals surface area contributed by atoms with Gasteiger partial charge in [-0.2, -0.15) is 0 Å². The van der Waals surface area contributed by atoms with Gasteiger partial charge in [0.15, 0.2) is 0 Å². The number of nitrogens with two attached hydrogens (primary N) is 1. The molecule has 118 valence electrons. The van der Waals surface area contributed by atoms with Crippen LogP contribution in [0.2, 0.25) is 0 Å². The quantitative estimate of drug-likeness (QED) is 0.759. The highest BCUT2D eigenvalue weighted by atomic mass is 16.2. The van der Waals surface area contributed by atoms with Gasteiger partial charge < -0.3 is 11.1 Å². The minimum absolute atomic E-state index is 0.0602. The summed E-state index contributed by atoms with van der Waals surface area (Å²) >= 11 is 0. The summed E-state index contributed by atoms with van der Waals surface area (Å²) in [5.41, 5.74) is 7.67. The summed E-state index contributed by atoms with van der Waals surface area (Å²) in [7, 11) is 0. The van der Waals surface area contributed by atoms with Crippen molar-refractivity contribution in [2.45, 2.75) is 59.2 Å². The van der Waals surface area contributed by atoms with Gasteiger partial charge in [0.2, 0.25) is 5.91 Å². The molecule has 1 aromatic carbocycles. The smallest absolute Gasteiger partial charge is 0.234 e. The van der Waals surface area contributed by atoms with E-state index in [2.05, 4.69) is 31.0 Å². The molecule has 21 heavy (non-hydrogen) atoms. The van der Waals surface area contributed by atoms with Crippen LogP contribution in [0.5, 0.6) is 0 Å². The van der Waals surface area contributed by atoms with Gasteiger partial charge in [0.05, 0.1) is 6.54 Å². The Bertz CT molecular complexity index is 469. The molecule has 1 aromatic rings. The molecule has 0 radical (unpaired) electrons. The lowest BCUT2D eigenvalue weighted by Crippen LogP contribution is -2.48. The topological polar surface area (TPSA) is 58.4 Å². The minimum Gasteiger partial charge on any atom is -0.398 e. The second kappa shape index (κ2) is 7.46. The van der Waals surface area contributed by atoms with E-state index in [1.165, 1.54) is 0 Å². The number of nitrogens with one attached hydrogen (secondary N) is 1. The monoisotopic (exact) mass is 291 g/mol. The van der Waals surface area contributed by atoms with Crippen LogP contribution in [0.1, 0.15) is 46.6 Å². The Morgan fingerprint density at radius 1 is 1.33 bits per heavy atom. The van der Waals surface area contributed by atoms with E-state index in [1.54, 1.807) is 0 Å². The van der Waals surface area contributed by atoms with Gasteiger partial charge in [0.25, 0.3) is 0 Å². The number of benzene rings is 1. The van der Waals surface area contributed by atoms with Crippen LogP contribution < -0.4 is 11.1 Å².